The molecule has 25 heavy (non-hydrogen) atoms. The summed E-state index contributed by atoms with van der Waals surface area (Å²) in [6.07, 6.45) is 1.83. The predicted molar refractivity (Wildman–Crippen MR) is 107 cm³/mol. The van der Waals surface area contributed by atoms with Crippen LogP contribution in [0.1, 0.15) is 5.56 Å². The van der Waals surface area contributed by atoms with Crippen molar-refractivity contribution >= 4 is 39.9 Å². The quantitative estimate of drug-likeness (QED) is 0.586. The van der Waals surface area contributed by atoms with Gasteiger partial charge < -0.3 is 9.64 Å². The first-order valence-corrected chi connectivity index (χ1v) is 8.97. The lowest BCUT2D eigenvalue weighted by Crippen LogP contribution is -2.27. The van der Waals surface area contributed by atoms with Gasteiger partial charge in [-0.05, 0) is 29.8 Å². The molecule has 0 spiro atoms. The molecule has 0 radical (unpaired) electrons. The van der Waals surface area contributed by atoms with Gasteiger partial charge in [-0.1, -0.05) is 54.3 Å². The molecule has 1 aliphatic heterocycles. The summed E-state index contributed by atoms with van der Waals surface area (Å²) in [5, 5.41) is 0. The van der Waals surface area contributed by atoms with Crippen molar-refractivity contribution in [3.8, 4) is 5.75 Å². The van der Waals surface area contributed by atoms with E-state index in [-0.39, 0.29) is 5.91 Å². The monoisotopic (exact) mass is 370 g/mol. The third kappa shape index (κ3) is 4.03. The SMILES string of the molecule is COc1ccc(N(C)/C=C2\SC(=S)N(Cc3ccccc3)C2=O)cc1. The van der Waals surface area contributed by atoms with E-state index in [4.69, 9.17) is 17.0 Å². The van der Waals surface area contributed by atoms with E-state index in [9.17, 15) is 4.79 Å². The number of thiocarbonyl (C=S) groups is 1. The maximum Gasteiger partial charge on any atom is 0.267 e. The normalized spacial score (nSPS) is 15.8. The Morgan fingerprint density at radius 3 is 2.48 bits per heavy atom. The summed E-state index contributed by atoms with van der Waals surface area (Å²) in [7, 11) is 3.54. The number of nitrogens with zero attached hydrogens (tertiary/aromatic N) is 2. The van der Waals surface area contributed by atoms with Crippen LogP contribution in [0.4, 0.5) is 5.69 Å². The van der Waals surface area contributed by atoms with Crippen molar-refractivity contribution in [1.82, 2.24) is 4.90 Å². The number of carbonyl (C=O) groups excluding carboxylic acids is 1. The Labute approximate surface area is 157 Å². The van der Waals surface area contributed by atoms with Gasteiger partial charge in [-0.25, -0.2) is 0 Å². The van der Waals surface area contributed by atoms with Gasteiger partial charge in [0.1, 0.15) is 10.1 Å². The lowest BCUT2D eigenvalue weighted by molar-refractivity contribution is -0.122. The molecule has 0 bridgehead atoms. The number of thioether (sulfide) groups is 1. The van der Waals surface area contributed by atoms with Gasteiger partial charge in [0.25, 0.3) is 5.91 Å². The highest BCUT2D eigenvalue weighted by atomic mass is 32.2. The molecule has 1 saturated heterocycles. The number of rotatable bonds is 5. The second-order valence-electron chi connectivity index (χ2n) is 5.55. The van der Waals surface area contributed by atoms with E-state index in [1.807, 2.05) is 72.7 Å². The molecule has 1 amide bonds. The van der Waals surface area contributed by atoms with Crippen LogP contribution in [0, 0.1) is 0 Å². The lowest BCUT2D eigenvalue weighted by Gasteiger charge is -2.16. The molecule has 0 aliphatic carbocycles. The molecule has 0 aromatic heterocycles. The highest BCUT2D eigenvalue weighted by Crippen LogP contribution is 2.33. The maximum atomic E-state index is 12.7. The lowest BCUT2D eigenvalue weighted by atomic mass is 10.2. The van der Waals surface area contributed by atoms with Crippen molar-refractivity contribution < 1.29 is 9.53 Å². The third-order valence-corrected chi connectivity index (χ3v) is 5.21. The molecule has 0 atom stereocenters. The Balaban J connectivity index is 1.75. The van der Waals surface area contributed by atoms with Gasteiger partial charge in [0.2, 0.25) is 0 Å². The first-order valence-electron chi connectivity index (χ1n) is 7.75. The Kier molecular flexibility index (Phi) is 5.40. The zero-order valence-electron chi connectivity index (χ0n) is 14.0. The summed E-state index contributed by atoms with van der Waals surface area (Å²) >= 11 is 6.72. The Bertz CT molecular complexity index is 804. The summed E-state index contributed by atoms with van der Waals surface area (Å²) in [5.41, 5.74) is 2.03. The van der Waals surface area contributed by atoms with Gasteiger partial charge in [0.05, 0.1) is 18.6 Å². The third-order valence-electron chi connectivity index (χ3n) is 3.85. The van der Waals surface area contributed by atoms with Gasteiger partial charge >= 0.3 is 0 Å². The van der Waals surface area contributed by atoms with Gasteiger partial charge in [0, 0.05) is 18.9 Å². The second-order valence-corrected chi connectivity index (χ2v) is 7.22. The van der Waals surface area contributed by atoms with Crippen LogP contribution < -0.4 is 9.64 Å². The minimum absolute atomic E-state index is 0.0563. The van der Waals surface area contributed by atoms with Gasteiger partial charge in [-0.15, -0.1) is 0 Å². The van der Waals surface area contributed by atoms with Crippen LogP contribution in [0.2, 0.25) is 0 Å². The number of hydrogen-bond donors (Lipinski definition) is 0. The topological polar surface area (TPSA) is 32.8 Å². The van der Waals surface area contributed by atoms with Crippen molar-refractivity contribution in [2.24, 2.45) is 0 Å². The summed E-state index contributed by atoms with van der Waals surface area (Å²) in [6, 6.07) is 17.5. The van der Waals surface area contributed by atoms with Crippen LogP contribution in [0.3, 0.4) is 0 Å². The molecule has 128 valence electrons. The molecular weight excluding hydrogens is 352 g/mol. The van der Waals surface area contributed by atoms with E-state index in [1.165, 1.54) is 11.8 Å². The van der Waals surface area contributed by atoms with E-state index in [1.54, 1.807) is 12.0 Å². The first-order chi connectivity index (χ1) is 12.1. The number of hydrogen-bond acceptors (Lipinski definition) is 5. The molecule has 4 nitrogen and oxygen atoms in total. The van der Waals surface area contributed by atoms with Crippen LogP contribution >= 0.6 is 24.0 Å². The highest BCUT2D eigenvalue weighted by Gasteiger charge is 2.32. The minimum Gasteiger partial charge on any atom is -0.497 e. The highest BCUT2D eigenvalue weighted by molar-refractivity contribution is 8.26. The van der Waals surface area contributed by atoms with Crippen LogP contribution in [0.15, 0.2) is 65.7 Å². The number of anilines is 1. The molecule has 6 heteroatoms. The summed E-state index contributed by atoms with van der Waals surface area (Å²) < 4.78 is 5.75. The Morgan fingerprint density at radius 1 is 1.16 bits per heavy atom. The van der Waals surface area contributed by atoms with Crippen LogP contribution in [-0.4, -0.2) is 29.3 Å². The smallest absolute Gasteiger partial charge is 0.267 e. The van der Waals surface area contributed by atoms with E-state index < -0.39 is 0 Å². The van der Waals surface area contributed by atoms with Crippen molar-refractivity contribution in [3.63, 3.8) is 0 Å². The van der Waals surface area contributed by atoms with Crippen molar-refractivity contribution in [2.75, 3.05) is 19.1 Å². The molecule has 1 aliphatic rings. The number of methoxy groups -OCH3 is 1. The fraction of sp³-hybridized carbons (Fsp3) is 0.158. The molecule has 0 unspecified atom stereocenters. The first kappa shape index (κ1) is 17.5. The molecule has 0 saturated carbocycles. The van der Waals surface area contributed by atoms with Gasteiger partial charge in [-0.2, -0.15) is 0 Å². The van der Waals surface area contributed by atoms with E-state index >= 15 is 0 Å². The average Bonchev–Trinajstić information content (AvgIpc) is 2.90. The molecule has 1 heterocycles. The molecule has 2 aromatic carbocycles. The number of ether oxygens (including phenoxy) is 1. The molecule has 2 aromatic rings. The molecule has 0 N–H and O–H groups in total. The van der Waals surface area contributed by atoms with Gasteiger partial charge in [0.15, 0.2) is 0 Å². The summed E-state index contributed by atoms with van der Waals surface area (Å²) in [4.78, 5) is 16.9. The molecular formula is C19H18N2O2S2. The molecule has 1 fully saturated rings. The van der Waals surface area contributed by atoms with Crippen molar-refractivity contribution in [1.29, 1.82) is 0 Å². The fourth-order valence-electron chi connectivity index (χ4n) is 2.46. The van der Waals surface area contributed by atoms with Crippen molar-refractivity contribution in [3.05, 3.63) is 71.3 Å². The summed E-state index contributed by atoms with van der Waals surface area (Å²) in [5.74, 6) is 0.741. The van der Waals surface area contributed by atoms with E-state index in [0.29, 0.717) is 15.8 Å². The van der Waals surface area contributed by atoms with Crippen LogP contribution in [0.5, 0.6) is 5.75 Å². The largest absolute Gasteiger partial charge is 0.497 e. The zero-order valence-corrected chi connectivity index (χ0v) is 15.6. The maximum absolute atomic E-state index is 12.7. The van der Waals surface area contributed by atoms with E-state index in [0.717, 1.165) is 17.0 Å². The van der Waals surface area contributed by atoms with Crippen LogP contribution in [-0.2, 0) is 11.3 Å². The second kappa shape index (κ2) is 7.72. The number of carbonyl (C=O) groups is 1. The average molecular weight is 370 g/mol. The Hall–Kier alpha value is -2.31. The Morgan fingerprint density at radius 2 is 1.84 bits per heavy atom. The zero-order chi connectivity index (χ0) is 17.8. The summed E-state index contributed by atoms with van der Waals surface area (Å²) in [6.45, 7) is 0.495. The standard InChI is InChI=1S/C19H18N2O2S2/c1-20(15-8-10-16(23-2)11-9-15)13-17-18(22)21(19(24)25-17)12-14-6-4-3-5-7-14/h3-11,13H,12H2,1-2H3/b17-13-. The predicted octanol–water partition coefficient (Wildman–Crippen LogP) is 4.03. The van der Waals surface area contributed by atoms with E-state index in [2.05, 4.69) is 0 Å². The number of amides is 1. The fourth-order valence-corrected chi connectivity index (χ4v) is 3.73. The number of benzene rings is 2. The van der Waals surface area contributed by atoms with Crippen molar-refractivity contribution in [2.45, 2.75) is 6.54 Å². The van der Waals surface area contributed by atoms with Crippen LogP contribution in [0.25, 0.3) is 0 Å². The van der Waals surface area contributed by atoms with Gasteiger partial charge in [-0.3, -0.25) is 9.69 Å². The molecule has 3 rings (SSSR count). The minimum atomic E-state index is -0.0563.